The van der Waals surface area contributed by atoms with E-state index >= 15 is 0 Å². The van der Waals surface area contributed by atoms with E-state index in [1.807, 2.05) is 49.4 Å². The summed E-state index contributed by atoms with van der Waals surface area (Å²) >= 11 is 0. The Kier molecular flexibility index (Phi) is 6.88. The van der Waals surface area contributed by atoms with Crippen molar-refractivity contribution in [2.45, 2.75) is 38.9 Å². The van der Waals surface area contributed by atoms with E-state index < -0.39 is 8.07 Å². The van der Waals surface area contributed by atoms with Crippen molar-refractivity contribution in [3.63, 3.8) is 0 Å². The van der Waals surface area contributed by atoms with E-state index in [4.69, 9.17) is 9.47 Å². The minimum Gasteiger partial charge on any atom is -0.494 e. The Hall–Kier alpha value is -2.59. The third-order valence-corrected chi connectivity index (χ3v) is 8.43. The van der Waals surface area contributed by atoms with Crippen LogP contribution in [0.2, 0.25) is 19.1 Å². The summed E-state index contributed by atoms with van der Waals surface area (Å²) < 4.78 is 11.4. The SMILES string of the molecule is CCOc1ccc([Si](C)(C)CCCc2cccc(Oc3ccccc3)n2)cc1. The van der Waals surface area contributed by atoms with Crippen molar-refractivity contribution in [2.75, 3.05) is 6.61 Å². The smallest absolute Gasteiger partial charge is 0.219 e. The molecular formula is C24H29NO2Si. The summed E-state index contributed by atoms with van der Waals surface area (Å²) in [4.78, 5) is 4.67. The molecule has 0 radical (unpaired) electrons. The van der Waals surface area contributed by atoms with Gasteiger partial charge in [0, 0.05) is 11.8 Å². The predicted molar refractivity (Wildman–Crippen MR) is 119 cm³/mol. The van der Waals surface area contributed by atoms with Crippen molar-refractivity contribution in [1.29, 1.82) is 0 Å². The van der Waals surface area contributed by atoms with Crippen LogP contribution in [0, 0.1) is 0 Å². The summed E-state index contributed by atoms with van der Waals surface area (Å²) in [6.45, 7) is 7.59. The highest BCUT2D eigenvalue weighted by molar-refractivity contribution is 6.89. The van der Waals surface area contributed by atoms with Crippen molar-refractivity contribution in [3.05, 3.63) is 78.5 Å². The summed E-state index contributed by atoms with van der Waals surface area (Å²) in [6, 6.07) is 25.7. The van der Waals surface area contributed by atoms with Gasteiger partial charge in [-0.2, -0.15) is 0 Å². The van der Waals surface area contributed by atoms with E-state index in [2.05, 4.69) is 48.4 Å². The van der Waals surface area contributed by atoms with Gasteiger partial charge >= 0.3 is 0 Å². The van der Waals surface area contributed by atoms with Crippen LogP contribution in [0.1, 0.15) is 19.0 Å². The molecule has 3 aromatic rings. The number of ether oxygens (including phenoxy) is 2. The molecule has 2 aromatic carbocycles. The first-order chi connectivity index (χ1) is 13.6. The number of pyridine rings is 1. The van der Waals surface area contributed by atoms with Crippen molar-refractivity contribution in [1.82, 2.24) is 4.98 Å². The van der Waals surface area contributed by atoms with Crippen LogP contribution in [0.3, 0.4) is 0 Å². The minimum atomic E-state index is -1.47. The normalized spacial score (nSPS) is 11.2. The van der Waals surface area contributed by atoms with Crippen LogP contribution in [-0.4, -0.2) is 19.7 Å². The second kappa shape index (κ2) is 9.56. The molecule has 0 saturated heterocycles. The van der Waals surface area contributed by atoms with Gasteiger partial charge in [0.1, 0.15) is 11.5 Å². The first-order valence-electron chi connectivity index (χ1n) is 9.99. The molecule has 28 heavy (non-hydrogen) atoms. The van der Waals surface area contributed by atoms with Gasteiger partial charge in [0.05, 0.1) is 14.7 Å². The van der Waals surface area contributed by atoms with E-state index in [0.29, 0.717) is 12.5 Å². The van der Waals surface area contributed by atoms with E-state index in [9.17, 15) is 0 Å². The zero-order valence-electron chi connectivity index (χ0n) is 17.0. The van der Waals surface area contributed by atoms with E-state index in [1.165, 1.54) is 11.2 Å². The summed E-state index contributed by atoms with van der Waals surface area (Å²) in [5.74, 6) is 2.43. The third-order valence-electron chi connectivity index (χ3n) is 4.93. The second-order valence-electron chi connectivity index (χ2n) is 7.58. The number of hydrogen-bond acceptors (Lipinski definition) is 3. The highest BCUT2D eigenvalue weighted by Crippen LogP contribution is 2.21. The van der Waals surface area contributed by atoms with Gasteiger partial charge in [0.15, 0.2) is 0 Å². The first-order valence-corrected chi connectivity index (χ1v) is 13.2. The quantitative estimate of drug-likeness (QED) is 0.431. The Morgan fingerprint density at radius 2 is 1.57 bits per heavy atom. The molecule has 0 atom stereocenters. The lowest BCUT2D eigenvalue weighted by atomic mass is 10.2. The monoisotopic (exact) mass is 391 g/mol. The zero-order chi connectivity index (χ0) is 19.8. The average molecular weight is 392 g/mol. The van der Waals surface area contributed by atoms with Crippen molar-refractivity contribution >= 4 is 13.3 Å². The lowest BCUT2D eigenvalue weighted by molar-refractivity contribution is 0.340. The van der Waals surface area contributed by atoms with Crippen LogP contribution in [-0.2, 0) is 6.42 Å². The molecule has 0 N–H and O–H groups in total. The molecule has 1 heterocycles. The molecule has 0 fully saturated rings. The Bertz CT molecular complexity index is 863. The molecule has 1 aromatic heterocycles. The van der Waals surface area contributed by atoms with E-state index in [1.54, 1.807) is 0 Å². The fourth-order valence-corrected chi connectivity index (χ4v) is 5.71. The van der Waals surface area contributed by atoms with E-state index in [-0.39, 0.29) is 0 Å². The Balaban J connectivity index is 1.55. The number of aromatic nitrogens is 1. The summed E-state index contributed by atoms with van der Waals surface area (Å²) in [5.41, 5.74) is 1.09. The lowest BCUT2D eigenvalue weighted by Gasteiger charge is -2.23. The van der Waals surface area contributed by atoms with Crippen molar-refractivity contribution < 1.29 is 9.47 Å². The van der Waals surface area contributed by atoms with E-state index in [0.717, 1.165) is 30.0 Å². The minimum absolute atomic E-state index is 0.659. The van der Waals surface area contributed by atoms with Crippen LogP contribution in [0.25, 0.3) is 0 Å². The molecular weight excluding hydrogens is 362 g/mol. The number of aryl methyl sites for hydroxylation is 1. The molecule has 0 bridgehead atoms. The molecule has 3 rings (SSSR count). The van der Waals surface area contributed by atoms with Crippen molar-refractivity contribution in [3.8, 4) is 17.4 Å². The van der Waals surface area contributed by atoms with Gasteiger partial charge in [-0.3, -0.25) is 0 Å². The van der Waals surface area contributed by atoms with Gasteiger partial charge in [-0.25, -0.2) is 4.98 Å². The number of hydrogen-bond donors (Lipinski definition) is 0. The molecule has 4 heteroatoms. The first kappa shape index (κ1) is 20.1. The van der Waals surface area contributed by atoms with Gasteiger partial charge in [-0.1, -0.05) is 60.7 Å². The Labute approximate surface area is 169 Å². The molecule has 146 valence electrons. The maximum Gasteiger partial charge on any atom is 0.219 e. The maximum atomic E-state index is 5.85. The van der Waals surface area contributed by atoms with Crippen LogP contribution in [0.4, 0.5) is 0 Å². The largest absolute Gasteiger partial charge is 0.494 e. The van der Waals surface area contributed by atoms with Crippen LogP contribution < -0.4 is 14.7 Å². The number of benzene rings is 2. The van der Waals surface area contributed by atoms with Gasteiger partial charge in [-0.05, 0) is 50.1 Å². The number of para-hydroxylation sites is 1. The van der Waals surface area contributed by atoms with Crippen LogP contribution in [0.15, 0.2) is 72.8 Å². The van der Waals surface area contributed by atoms with Gasteiger partial charge in [-0.15, -0.1) is 0 Å². The molecule has 0 aliphatic heterocycles. The molecule has 0 aliphatic rings. The number of rotatable bonds is 9. The topological polar surface area (TPSA) is 31.4 Å². The molecule has 0 unspecified atom stereocenters. The summed E-state index contributed by atoms with van der Waals surface area (Å²) in [5, 5.41) is 1.48. The Morgan fingerprint density at radius 3 is 2.29 bits per heavy atom. The third kappa shape index (κ3) is 5.70. The average Bonchev–Trinajstić information content (AvgIpc) is 2.70. The van der Waals surface area contributed by atoms with Crippen LogP contribution in [0.5, 0.6) is 17.4 Å². The highest BCUT2D eigenvalue weighted by atomic mass is 28.3. The molecule has 0 spiro atoms. The standard InChI is InChI=1S/C24H29NO2Si/c1-4-26-21-15-17-23(18-16-21)28(2,3)19-9-11-20-10-8-14-24(25-20)27-22-12-6-5-7-13-22/h5-8,10,12-18H,4,9,11,19H2,1-3H3. The van der Waals surface area contributed by atoms with Gasteiger partial charge in [0.2, 0.25) is 5.88 Å². The molecule has 3 nitrogen and oxygen atoms in total. The molecule has 0 aliphatic carbocycles. The fourth-order valence-electron chi connectivity index (χ4n) is 3.29. The predicted octanol–water partition coefficient (Wildman–Crippen LogP) is 5.82. The highest BCUT2D eigenvalue weighted by Gasteiger charge is 2.22. The molecule has 0 saturated carbocycles. The van der Waals surface area contributed by atoms with Gasteiger partial charge < -0.3 is 9.47 Å². The van der Waals surface area contributed by atoms with Crippen molar-refractivity contribution in [2.24, 2.45) is 0 Å². The maximum absolute atomic E-state index is 5.85. The Morgan fingerprint density at radius 1 is 0.821 bits per heavy atom. The summed E-state index contributed by atoms with van der Waals surface area (Å²) in [7, 11) is -1.47. The zero-order valence-corrected chi connectivity index (χ0v) is 18.0. The molecule has 0 amide bonds. The van der Waals surface area contributed by atoms with Gasteiger partial charge in [0.25, 0.3) is 0 Å². The second-order valence-corrected chi connectivity index (χ2v) is 12.4. The number of nitrogens with zero attached hydrogens (tertiary/aromatic N) is 1. The lowest BCUT2D eigenvalue weighted by Crippen LogP contribution is -2.41. The fraction of sp³-hybridized carbons (Fsp3) is 0.292. The van der Waals surface area contributed by atoms with Crippen LogP contribution >= 0.6 is 0 Å². The summed E-state index contributed by atoms with van der Waals surface area (Å²) in [6.07, 6.45) is 2.10.